The van der Waals surface area contributed by atoms with Crippen LogP contribution in [0.2, 0.25) is 0 Å². The zero-order valence-electron chi connectivity index (χ0n) is 19.2. The van der Waals surface area contributed by atoms with Gasteiger partial charge in [0.2, 0.25) is 4.96 Å². The summed E-state index contributed by atoms with van der Waals surface area (Å²) in [6.45, 7) is 4.39. The molecule has 0 spiro atoms. The van der Waals surface area contributed by atoms with Crippen molar-refractivity contribution in [3.8, 4) is 28.1 Å². The second-order valence-electron chi connectivity index (χ2n) is 7.61. The fourth-order valence-corrected chi connectivity index (χ4v) is 5.07. The number of ether oxygens (including phenoxy) is 3. The second kappa shape index (κ2) is 9.06. The first-order valence-corrected chi connectivity index (χ1v) is 12.3. The second-order valence-corrected chi connectivity index (χ2v) is 9.39. The lowest BCUT2D eigenvalue weighted by Gasteiger charge is -2.08. The molecule has 0 N–H and O–H groups in total. The van der Waals surface area contributed by atoms with E-state index in [4.69, 9.17) is 18.6 Å². The van der Waals surface area contributed by atoms with E-state index in [1.54, 1.807) is 37.3 Å². The minimum absolute atomic E-state index is 0.266. The number of rotatable bonds is 8. The quantitative estimate of drug-likeness (QED) is 0.271. The lowest BCUT2D eigenvalue weighted by Crippen LogP contribution is -1.97. The molecule has 6 rings (SSSR count). The van der Waals surface area contributed by atoms with E-state index < -0.39 is 0 Å². The Balaban J connectivity index is 1.27. The summed E-state index contributed by atoms with van der Waals surface area (Å²) >= 11 is 2.84. The summed E-state index contributed by atoms with van der Waals surface area (Å²) in [6.07, 6.45) is 6.71. The molecule has 0 fully saturated rings. The van der Waals surface area contributed by atoms with Gasteiger partial charge in [-0.25, -0.2) is 24.5 Å². The smallest absolute Gasteiger partial charge is 0.294 e. The molecule has 36 heavy (non-hydrogen) atoms. The van der Waals surface area contributed by atoms with Gasteiger partial charge in [0, 0.05) is 41.0 Å². The Bertz CT molecular complexity index is 1670. The maximum absolute atomic E-state index is 6.17. The SMILES string of the molecule is C=C(c1cncnc1)c1nc(COc2cc(OC)cc3oc(-c4cn5nc(OC)sc5n4)cc23)cs1. The van der Waals surface area contributed by atoms with Crippen LogP contribution in [0.25, 0.3) is 33.0 Å². The van der Waals surface area contributed by atoms with E-state index in [2.05, 4.69) is 31.6 Å². The molecular formula is C24H18N6O4S2. The maximum Gasteiger partial charge on any atom is 0.294 e. The van der Waals surface area contributed by atoms with Crippen LogP contribution in [0.3, 0.4) is 0 Å². The van der Waals surface area contributed by atoms with Crippen molar-refractivity contribution in [2.45, 2.75) is 6.61 Å². The highest BCUT2D eigenvalue weighted by molar-refractivity contribution is 7.18. The predicted octanol–water partition coefficient (Wildman–Crippen LogP) is 5.11. The molecule has 0 atom stereocenters. The Labute approximate surface area is 212 Å². The molecule has 0 saturated heterocycles. The summed E-state index contributed by atoms with van der Waals surface area (Å²) in [6, 6.07) is 5.54. The normalized spacial score (nSPS) is 11.3. The van der Waals surface area contributed by atoms with Crippen LogP contribution >= 0.6 is 22.7 Å². The van der Waals surface area contributed by atoms with Gasteiger partial charge in [0.15, 0.2) is 5.76 Å². The molecule has 0 aliphatic rings. The van der Waals surface area contributed by atoms with Gasteiger partial charge in [-0.3, -0.25) is 0 Å². The highest BCUT2D eigenvalue weighted by atomic mass is 32.1. The number of methoxy groups -OCH3 is 2. The van der Waals surface area contributed by atoms with Gasteiger partial charge < -0.3 is 18.6 Å². The zero-order valence-corrected chi connectivity index (χ0v) is 20.8. The van der Waals surface area contributed by atoms with E-state index in [0.717, 1.165) is 27.2 Å². The van der Waals surface area contributed by atoms with Gasteiger partial charge in [-0.2, -0.15) is 0 Å². The number of aromatic nitrogens is 6. The molecule has 5 heterocycles. The molecule has 1 aromatic carbocycles. The van der Waals surface area contributed by atoms with Crippen LogP contribution in [0.1, 0.15) is 16.3 Å². The van der Waals surface area contributed by atoms with Crippen LogP contribution in [-0.4, -0.2) is 43.8 Å². The van der Waals surface area contributed by atoms with Crippen molar-refractivity contribution in [1.29, 1.82) is 0 Å². The van der Waals surface area contributed by atoms with Gasteiger partial charge in [0.1, 0.15) is 40.7 Å². The molecule has 0 amide bonds. The average molecular weight is 519 g/mol. The third-order valence-electron chi connectivity index (χ3n) is 5.35. The van der Waals surface area contributed by atoms with Crippen molar-refractivity contribution in [3.63, 3.8) is 0 Å². The van der Waals surface area contributed by atoms with Crippen molar-refractivity contribution >= 4 is 44.2 Å². The van der Waals surface area contributed by atoms with E-state index in [9.17, 15) is 0 Å². The van der Waals surface area contributed by atoms with Gasteiger partial charge in [-0.05, 0) is 17.4 Å². The Morgan fingerprint density at radius 1 is 1.11 bits per heavy atom. The number of furan rings is 1. The minimum atomic E-state index is 0.266. The number of fused-ring (bicyclic) bond motifs is 2. The molecule has 5 aromatic heterocycles. The van der Waals surface area contributed by atoms with E-state index in [-0.39, 0.29) is 6.61 Å². The summed E-state index contributed by atoms with van der Waals surface area (Å²) in [5.41, 5.74) is 3.65. The Morgan fingerprint density at radius 2 is 1.97 bits per heavy atom. The molecule has 0 radical (unpaired) electrons. The van der Waals surface area contributed by atoms with Crippen LogP contribution < -0.4 is 14.2 Å². The van der Waals surface area contributed by atoms with E-state index in [0.29, 0.717) is 38.7 Å². The molecule has 0 saturated carbocycles. The molecule has 12 heteroatoms. The summed E-state index contributed by atoms with van der Waals surface area (Å²) in [4.78, 5) is 18.1. The average Bonchev–Trinajstić information content (AvgIpc) is 3.69. The van der Waals surface area contributed by atoms with E-state index >= 15 is 0 Å². The highest BCUT2D eigenvalue weighted by Crippen LogP contribution is 2.37. The zero-order chi connectivity index (χ0) is 24.6. The Kier molecular flexibility index (Phi) is 5.58. The van der Waals surface area contributed by atoms with Crippen molar-refractivity contribution in [2.24, 2.45) is 0 Å². The van der Waals surface area contributed by atoms with Crippen LogP contribution in [0.15, 0.2) is 59.5 Å². The predicted molar refractivity (Wildman–Crippen MR) is 136 cm³/mol. The maximum atomic E-state index is 6.17. The van der Waals surface area contributed by atoms with Gasteiger partial charge in [-0.15, -0.1) is 16.4 Å². The molecular weight excluding hydrogens is 500 g/mol. The number of hydrogen-bond acceptors (Lipinski definition) is 11. The lowest BCUT2D eigenvalue weighted by atomic mass is 10.2. The first-order chi connectivity index (χ1) is 17.6. The third-order valence-corrected chi connectivity index (χ3v) is 7.19. The molecule has 0 bridgehead atoms. The highest BCUT2D eigenvalue weighted by Gasteiger charge is 2.18. The summed E-state index contributed by atoms with van der Waals surface area (Å²) < 4.78 is 24.6. The number of benzene rings is 1. The van der Waals surface area contributed by atoms with E-state index in [1.807, 2.05) is 23.6 Å². The van der Waals surface area contributed by atoms with Crippen LogP contribution in [-0.2, 0) is 6.61 Å². The van der Waals surface area contributed by atoms with Crippen LogP contribution in [0.5, 0.6) is 16.7 Å². The topological polar surface area (TPSA) is 110 Å². The number of hydrogen-bond donors (Lipinski definition) is 0. The van der Waals surface area contributed by atoms with Gasteiger partial charge in [0.05, 0.1) is 31.5 Å². The summed E-state index contributed by atoms with van der Waals surface area (Å²) in [5, 5.41) is 8.39. The number of thiazole rings is 1. The van der Waals surface area contributed by atoms with Crippen LogP contribution in [0, 0.1) is 0 Å². The number of nitrogens with zero attached hydrogens (tertiary/aromatic N) is 6. The van der Waals surface area contributed by atoms with Crippen molar-refractivity contribution in [1.82, 2.24) is 29.5 Å². The standard InChI is InChI=1S/C24H18N6O4S2/c1-13(14-7-25-12-26-8-14)22-27-15(11-35-22)10-33-19-4-16(31-2)5-20-17(19)6-21(34-20)18-9-30-23(28-18)36-24(29-30)32-3/h4-9,11-12H,1,10H2,2-3H3. The third kappa shape index (κ3) is 4.06. The molecule has 10 nitrogen and oxygen atoms in total. The minimum Gasteiger partial charge on any atom is -0.496 e. The Morgan fingerprint density at radius 3 is 2.75 bits per heavy atom. The van der Waals surface area contributed by atoms with E-state index in [1.165, 1.54) is 29.0 Å². The molecule has 0 aliphatic carbocycles. The van der Waals surface area contributed by atoms with Crippen molar-refractivity contribution in [2.75, 3.05) is 14.2 Å². The lowest BCUT2D eigenvalue weighted by molar-refractivity contribution is 0.303. The van der Waals surface area contributed by atoms with Gasteiger partial charge >= 0.3 is 0 Å². The fraction of sp³-hybridized carbons (Fsp3) is 0.125. The molecule has 6 aromatic rings. The fourth-order valence-electron chi connectivity index (χ4n) is 3.57. The molecule has 0 unspecified atom stereocenters. The molecule has 0 aliphatic heterocycles. The van der Waals surface area contributed by atoms with Crippen molar-refractivity contribution in [3.05, 3.63) is 71.3 Å². The summed E-state index contributed by atoms with van der Waals surface area (Å²) in [7, 11) is 3.18. The summed E-state index contributed by atoms with van der Waals surface area (Å²) in [5.74, 6) is 1.83. The van der Waals surface area contributed by atoms with Crippen molar-refractivity contribution < 1.29 is 18.6 Å². The van der Waals surface area contributed by atoms with Gasteiger partial charge in [-0.1, -0.05) is 6.58 Å². The molecule has 180 valence electrons. The first kappa shape index (κ1) is 22.2. The van der Waals surface area contributed by atoms with Crippen LogP contribution in [0.4, 0.5) is 0 Å². The largest absolute Gasteiger partial charge is 0.496 e. The monoisotopic (exact) mass is 518 g/mol. The first-order valence-electron chi connectivity index (χ1n) is 10.7. The van der Waals surface area contributed by atoms with Gasteiger partial charge in [0.25, 0.3) is 5.19 Å². The Hall–Kier alpha value is -4.29. The number of imidazole rings is 1.